The van der Waals surface area contributed by atoms with Crippen LogP contribution in [0.5, 0.6) is 0 Å². The first kappa shape index (κ1) is 16.8. The fourth-order valence-electron chi connectivity index (χ4n) is 2.08. The molecule has 2 rings (SSSR count). The Balaban J connectivity index is 2.11. The molecule has 0 aliphatic heterocycles. The lowest BCUT2D eigenvalue weighted by Crippen LogP contribution is -2.40. The first-order valence-corrected chi connectivity index (χ1v) is 7.72. The Bertz CT molecular complexity index is 682. The SMILES string of the molecule is CCn1cnnc1CNC(=O)C(C)(C)c1ccc(Cl)c(Cl)c1. The summed E-state index contributed by atoms with van der Waals surface area (Å²) in [6.07, 6.45) is 1.64. The monoisotopic (exact) mass is 340 g/mol. The molecule has 0 fully saturated rings. The first-order chi connectivity index (χ1) is 10.4. The van der Waals surface area contributed by atoms with E-state index in [2.05, 4.69) is 15.5 Å². The predicted octanol–water partition coefficient (Wildman–Crippen LogP) is 3.20. The van der Waals surface area contributed by atoms with E-state index < -0.39 is 5.41 Å². The van der Waals surface area contributed by atoms with E-state index in [1.807, 2.05) is 31.4 Å². The summed E-state index contributed by atoms with van der Waals surface area (Å²) >= 11 is 12.0. The van der Waals surface area contributed by atoms with Crippen LogP contribution < -0.4 is 5.32 Å². The van der Waals surface area contributed by atoms with Gasteiger partial charge in [-0.15, -0.1) is 10.2 Å². The van der Waals surface area contributed by atoms with Gasteiger partial charge in [-0.2, -0.15) is 0 Å². The summed E-state index contributed by atoms with van der Waals surface area (Å²) in [5.74, 6) is 0.609. The minimum Gasteiger partial charge on any atom is -0.348 e. The molecule has 0 spiro atoms. The van der Waals surface area contributed by atoms with Crippen molar-refractivity contribution in [3.63, 3.8) is 0 Å². The number of aromatic nitrogens is 3. The summed E-state index contributed by atoms with van der Waals surface area (Å²) in [6, 6.07) is 5.22. The fraction of sp³-hybridized carbons (Fsp3) is 0.400. The summed E-state index contributed by atoms with van der Waals surface area (Å²) in [6.45, 7) is 6.76. The molecule has 0 radical (unpaired) electrons. The van der Waals surface area contributed by atoms with Crippen molar-refractivity contribution in [1.29, 1.82) is 0 Å². The van der Waals surface area contributed by atoms with Crippen LogP contribution in [0.1, 0.15) is 32.2 Å². The third kappa shape index (κ3) is 3.42. The van der Waals surface area contributed by atoms with Crippen molar-refractivity contribution in [1.82, 2.24) is 20.1 Å². The number of aryl methyl sites for hydroxylation is 1. The maximum absolute atomic E-state index is 12.5. The normalized spacial score (nSPS) is 11.5. The van der Waals surface area contributed by atoms with Crippen LogP contribution in [0.4, 0.5) is 0 Å². The van der Waals surface area contributed by atoms with Gasteiger partial charge in [0.25, 0.3) is 0 Å². The molecule has 0 aliphatic carbocycles. The second kappa shape index (κ2) is 6.67. The van der Waals surface area contributed by atoms with Crippen molar-refractivity contribution in [2.45, 2.75) is 39.3 Å². The highest BCUT2D eigenvalue weighted by molar-refractivity contribution is 6.42. The van der Waals surface area contributed by atoms with E-state index >= 15 is 0 Å². The molecule has 1 aromatic heterocycles. The average Bonchev–Trinajstić information content (AvgIpc) is 2.94. The predicted molar refractivity (Wildman–Crippen MR) is 87.0 cm³/mol. The number of benzene rings is 1. The van der Waals surface area contributed by atoms with Crippen molar-refractivity contribution in [2.24, 2.45) is 0 Å². The Morgan fingerprint density at radius 2 is 2.05 bits per heavy atom. The number of hydrogen-bond acceptors (Lipinski definition) is 3. The number of nitrogens with one attached hydrogen (secondary N) is 1. The van der Waals surface area contributed by atoms with E-state index in [0.29, 0.717) is 16.6 Å². The minimum absolute atomic E-state index is 0.114. The maximum Gasteiger partial charge on any atom is 0.230 e. The van der Waals surface area contributed by atoms with E-state index in [1.54, 1.807) is 18.5 Å². The van der Waals surface area contributed by atoms with Crippen LogP contribution in [0, 0.1) is 0 Å². The molecule has 0 saturated carbocycles. The zero-order chi connectivity index (χ0) is 16.3. The Morgan fingerprint density at radius 1 is 1.32 bits per heavy atom. The van der Waals surface area contributed by atoms with Crippen molar-refractivity contribution < 1.29 is 4.79 Å². The Kier molecular flexibility index (Phi) is 5.08. The van der Waals surface area contributed by atoms with Gasteiger partial charge in [-0.1, -0.05) is 29.3 Å². The summed E-state index contributed by atoms with van der Waals surface area (Å²) in [7, 11) is 0. The number of carbonyl (C=O) groups excluding carboxylic acids is 1. The molecule has 1 heterocycles. The molecular formula is C15H18Cl2N4O. The van der Waals surface area contributed by atoms with Gasteiger partial charge in [0.05, 0.1) is 22.0 Å². The lowest BCUT2D eigenvalue weighted by atomic mass is 9.84. The van der Waals surface area contributed by atoms with Crippen molar-refractivity contribution in [3.05, 3.63) is 46.0 Å². The molecule has 5 nitrogen and oxygen atoms in total. The summed E-state index contributed by atoms with van der Waals surface area (Å²) < 4.78 is 1.88. The van der Waals surface area contributed by atoms with E-state index in [9.17, 15) is 4.79 Å². The topological polar surface area (TPSA) is 59.8 Å². The molecular weight excluding hydrogens is 323 g/mol. The highest BCUT2D eigenvalue weighted by Gasteiger charge is 2.30. The second-order valence-corrected chi connectivity index (χ2v) is 6.28. The van der Waals surface area contributed by atoms with Crippen LogP contribution in [0.3, 0.4) is 0 Å². The molecule has 0 atom stereocenters. The molecule has 7 heteroatoms. The smallest absolute Gasteiger partial charge is 0.230 e. The zero-order valence-electron chi connectivity index (χ0n) is 12.7. The van der Waals surface area contributed by atoms with Gasteiger partial charge in [0.15, 0.2) is 5.82 Å². The molecule has 1 amide bonds. The molecule has 0 unspecified atom stereocenters. The molecule has 0 aliphatic rings. The standard InChI is InChI=1S/C15H18Cl2N4O/c1-4-21-9-19-20-13(21)8-18-14(22)15(2,3)10-5-6-11(16)12(17)7-10/h5-7,9H,4,8H2,1-3H3,(H,18,22). The number of rotatable bonds is 5. The summed E-state index contributed by atoms with van der Waals surface area (Å²) in [5.41, 5.74) is 0.0713. The molecule has 22 heavy (non-hydrogen) atoms. The lowest BCUT2D eigenvalue weighted by molar-refractivity contribution is -0.125. The van der Waals surface area contributed by atoms with Gasteiger partial charge < -0.3 is 9.88 Å². The third-order valence-corrected chi connectivity index (χ3v) is 4.39. The number of nitrogens with zero attached hydrogens (tertiary/aromatic N) is 3. The third-order valence-electron chi connectivity index (χ3n) is 3.65. The number of amides is 1. The van der Waals surface area contributed by atoms with Crippen LogP contribution in [0.2, 0.25) is 10.0 Å². The fourth-order valence-corrected chi connectivity index (χ4v) is 2.37. The molecule has 0 saturated heterocycles. The Labute approximate surface area is 139 Å². The van der Waals surface area contributed by atoms with Gasteiger partial charge in [-0.05, 0) is 38.5 Å². The van der Waals surface area contributed by atoms with Crippen LogP contribution >= 0.6 is 23.2 Å². The Hall–Kier alpha value is -1.59. The van der Waals surface area contributed by atoms with Crippen LogP contribution in [0.25, 0.3) is 0 Å². The number of halogens is 2. The van der Waals surface area contributed by atoms with Crippen LogP contribution in [-0.4, -0.2) is 20.7 Å². The number of carbonyl (C=O) groups is 1. The summed E-state index contributed by atoms with van der Waals surface area (Å²) in [5, 5.41) is 11.6. The second-order valence-electron chi connectivity index (χ2n) is 5.47. The molecule has 1 N–H and O–H groups in total. The van der Waals surface area contributed by atoms with Crippen molar-refractivity contribution in [3.8, 4) is 0 Å². The van der Waals surface area contributed by atoms with Gasteiger partial charge in [-0.3, -0.25) is 4.79 Å². The van der Waals surface area contributed by atoms with Gasteiger partial charge in [0, 0.05) is 6.54 Å². The van der Waals surface area contributed by atoms with Gasteiger partial charge in [0.1, 0.15) is 6.33 Å². The van der Waals surface area contributed by atoms with Gasteiger partial charge >= 0.3 is 0 Å². The largest absolute Gasteiger partial charge is 0.348 e. The quantitative estimate of drug-likeness (QED) is 0.909. The van der Waals surface area contributed by atoms with Crippen LogP contribution in [0.15, 0.2) is 24.5 Å². The lowest BCUT2D eigenvalue weighted by Gasteiger charge is -2.24. The number of hydrogen-bond donors (Lipinski definition) is 1. The molecule has 1 aromatic carbocycles. The average molecular weight is 341 g/mol. The Morgan fingerprint density at radius 3 is 2.68 bits per heavy atom. The molecule has 118 valence electrons. The molecule has 2 aromatic rings. The highest BCUT2D eigenvalue weighted by Crippen LogP contribution is 2.30. The van der Waals surface area contributed by atoms with Gasteiger partial charge in [0.2, 0.25) is 5.91 Å². The van der Waals surface area contributed by atoms with Crippen molar-refractivity contribution in [2.75, 3.05) is 0 Å². The first-order valence-electron chi connectivity index (χ1n) is 6.96. The van der Waals surface area contributed by atoms with Crippen molar-refractivity contribution >= 4 is 29.1 Å². The minimum atomic E-state index is -0.731. The van der Waals surface area contributed by atoms with E-state index in [1.165, 1.54) is 0 Å². The van der Waals surface area contributed by atoms with Crippen LogP contribution in [-0.2, 0) is 23.3 Å². The zero-order valence-corrected chi connectivity index (χ0v) is 14.2. The maximum atomic E-state index is 12.5. The molecule has 0 bridgehead atoms. The van der Waals surface area contributed by atoms with Gasteiger partial charge in [-0.25, -0.2) is 0 Å². The highest BCUT2D eigenvalue weighted by atomic mass is 35.5. The summed E-state index contributed by atoms with van der Waals surface area (Å²) in [4.78, 5) is 12.5. The van der Waals surface area contributed by atoms with E-state index in [-0.39, 0.29) is 5.91 Å². The van der Waals surface area contributed by atoms with E-state index in [4.69, 9.17) is 23.2 Å². The van der Waals surface area contributed by atoms with E-state index in [0.717, 1.165) is 17.9 Å².